The number of carbonyl (C=O) groups is 1. The highest BCUT2D eigenvalue weighted by Crippen LogP contribution is 2.19. The maximum Gasteiger partial charge on any atom is 0.277 e. The van der Waals surface area contributed by atoms with Gasteiger partial charge in [-0.05, 0) is 56.7 Å². The van der Waals surface area contributed by atoms with Gasteiger partial charge in [0.1, 0.15) is 5.69 Å². The smallest absolute Gasteiger partial charge is 0.277 e. The lowest BCUT2D eigenvalue weighted by molar-refractivity contribution is 0.0983. The van der Waals surface area contributed by atoms with Crippen LogP contribution in [0, 0.1) is 13.8 Å². The minimum atomic E-state index is -0.142. The minimum absolute atomic E-state index is 0.142. The molecule has 0 radical (unpaired) electrons. The molecule has 1 aromatic heterocycles. The lowest BCUT2D eigenvalue weighted by Gasteiger charge is -2.21. The number of nitrogens with zero attached hydrogens (tertiary/aromatic N) is 3. The van der Waals surface area contributed by atoms with Crippen molar-refractivity contribution in [3.63, 3.8) is 0 Å². The molecule has 3 rings (SSSR count). The number of anilines is 3. The van der Waals surface area contributed by atoms with E-state index in [1.54, 1.807) is 11.0 Å². The van der Waals surface area contributed by atoms with Gasteiger partial charge in [-0.25, -0.2) is 9.97 Å². The van der Waals surface area contributed by atoms with Crippen molar-refractivity contribution in [1.82, 2.24) is 9.97 Å². The van der Waals surface area contributed by atoms with Crippen LogP contribution in [0.1, 0.15) is 28.7 Å². The van der Waals surface area contributed by atoms with E-state index in [0.29, 0.717) is 18.2 Å². The minimum Gasteiger partial charge on any atom is -0.324 e. The molecule has 2 aromatic carbocycles. The zero-order chi connectivity index (χ0) is 18.5. The number of hydrogen-bond acceptors (Lipinski definition) is 4. The number of aryl methyl sites for hydroxylation is 2. The van der Waals surface area contributed by atoms with Gasteiger partial charge >= 0.3 is 0 Å². The molecule has 3 aromatic rings. The zero-order valence-corrected chi connectivity index (χ0v) is 15.2. The van der Waals surface area contributed by atoms with Crippen molar-refractivity contribution in [2.24, 2.45) is 0 Å². The first-order chi connectivity index (χ1) is 12.6. The number of hydrogen-bond donors (Lipinski definition) is 1. The van der Waals surface area contributed by atoms with Gasteiger partial charge in [0, 0.05) is 23.6 Å². The Balaban J connectivity index is 1.90. The molecule has 0 saturated carbocycles. The largest absolute Gasteiger partial charge is 0.324 e. The van der Waals surface area contributed by atoms with Gasteiger partial charge in [0.15, 0.2) is 0 Å². The lowest BCUT2D eigenvalue weighted by atomic mass is 10.2. The van der Waals surface area contributed by atoms with Crippen LogP contribution in [0.2, 0.25) is 0 Å². The highest BCUT2D eigenvalue weighted by atomic mass is 16.2. The normalized spacial score (nSPS) is 10.4. The second kappa shape index (κ2) is 7.78. The van der Waals surface area contributed by atoms with Crippen molar-refractivity contribution in [2.75, 3.05) is 16.8 Å². The van der Waals surface area contributed by atoms with Crippen molar-refractivity contribution in [1.29, 1.82) is 0 Å². The number of para-hydroxylation sites is 1. The highest BCUT2D eigenvalue weighted by molar-refractivity contribution is 6.05. The molecule has 5 nitrogen and oxygen atoms in total. The Morgan fingerprint density at radius 2 is 1.77 bits per heavy atom. The second-order valence-electron chi connectivity index (χ2n) is 6.10. The van der Waals surface area contributed by atoms with Crippen LogP contribution in [0.5, 0.6) is 0 Å². The molecule has 26 heavy (non-hydrogen) atoms. The van der Waals surface area contributed by atoms with Gasteiger partial charge in [0.25, 0.3) is 5.91 Å². The molecule has 1 N–H and O–H groups in total. The van der Waals surface area contributed by atoms with Crippen molar-refractivity contribution in [3.05, 3.63) is 77.6 Å². The maximum absolute atomic E-state index is 13.0. The van der Waals surface area contributed by atoms with Crippen molar-refractivity contribution in [2.45, 2.75) is 20.8 Å². The maximum atomic E-state index is 13.0. The molecular weight excluding hydrogens is 324 g/mol. The number of benzene rings is 2. The summed E-state index contributed by atoms with van der Waals surface area (Å²) in [6.07, 6.45) is 0. The summed E-state index contributed by atoms with van der Waals surface area (Å²) in [5.74, 6) is 0.277. The third kappa shape index (κ3) is 4.06. The molecule has 0 saturated heterocycles. The Kier molecular flexibility index (Phi) is 5.27. The Hall–Kier alpha value is -3.21. The van der Waals surface area contributed by atoms with E-state index in [1.165, 1.54) is 0 Å². The topological polar surface area (TPSA) is 58.1 Å². The number of aromatic nitrogens is 2. The van der Waals surface area contributed by atoms with Crippen molar-refractivity contribution >= 4 is 23.2 Å². The molecule has 0 aliphatic carbocycles. The molecule has 0 fully saturated rings. The van der Waals surface area contributed by atoms with E-state index >= 15 is 0 Å². The first-order valence-electron chi connectivity index (χ1n) is 8.63. The van der Waals surface area contributed by atoms with Crippen LogP contribution in [-0.2, 0) is 0 Å². The summed E-state index contributed by atoms with van der Waals surface area (Å²) in [5, 5.41) is 3.18. The molecule has 5 heteroatoms. The zero-order valence-electron chi connectivity index (χ0n) is 15.2. The number of rotatable bonds is 5. The molecule has 0 spiro atoms. The fourth-order valence-electron chi connectivity index (χ4n) is 2.78. The van der Waals surface area contributed by atoms with Gasteiger partial charge < -0.3 is 10.2 Å². The van der Waals surface area contributed by atoms with Gasteiger partial charge in [-0.3, -0.25) is 4.79 Å². The van der Waals surface area contributed by atoms with Gasteiger partial charge in [0.2, 0.25) is 5.95 Å². The molecule has 0 atom stereocenters. The molecule has 0 aliphatic rings. The average Bonchev–Trinajstić information content (AvgIpc) is 2.62. The van der Waals surface area contributed by atoms with E-state index in [2.05, 4.69) is 15.3 Å². The average molecular weight is 346 g/mol. The van der Waals surface area contributed by atoms with Crippen LogP contribution in [-0.4, -0.2) is 22.4 Å². The molecule has 132 valence electrons. The monoisotopic (exact) mass is 346 g/mol. The number of nitrogens with one attached hydrogen (secondary N) is 1. The fraction of sp³-hybridized carbons (Fsp3) is 0.190. The Labute approximate surface area is 153 Å². The predicted octanol–water partition coefficient (Wildman–Crippen LogP) is 4.50. The Morgan fingerprint density at radius 3 is 2.46 bits per heavy atom. The van der Waals surface area contributed by atoms with Gasteiger partial charge in [-0.1, -0.05) is 30.3 Å². The predicted molar refractivity (Wildman–Crippen MR) is 105 cm³/mol. The Bertz CT molecular complexity index is 909. The summed E-state index contributed by atoms with van der Waals surface area (Å²) in [4.78, 5) is 23.5. The van der Waals surface area contributed by atoms with Crippen molar-refractivity contribution < 1.29 is 4.79 Å². The third-order valence-corrected chi connectivity index (χ3v) is 3.98. The van der Waals surface area contributed by atoms with Gasteiger partial charge in [-0.15, -0.1) is 0 Å². The number of amides is 1. The van der Waals surface area contributed by atoms with E-state index in [1.807, 2.05) is 75.4 Å². The van der Waals surface area contributed by atoms with Crippen LogP contribution in [0.15, 0.2) is 60.7 Å². The van der Waals surface area contributed by atoms with Crippen LogP contribution >= 0.6 is 0 Å². The summed E-state index contributed by atoms with van der Waals surface area (Å²) in [6.45, 7) is 6.40. The van der Waals surface area contributed by atoms with E-state index in [9.17, 15) is 4.79 Å². The number of carbonyl (C=O) groups excluding carboxylic acids is 1. The molecule has 0 aliphatic heterocycles. The van der Waals surface area contributed by atoms with E-state index < -0.39 is 0 Å². The van der Waals surface area contributed by atoms with Crippen molar-refractivity contribution in [3.8, 4) is 0 Å². The molecule has 0 bridgehead atoms. The third-order valence-electron chi connectivity index (χ3n) is 3.98. The lowest BCUT2D eigenvalue weighted by Crippen LogP contribution is -2.31. The van der Waals surface area contributed by atoms with Crippen LogP contribution in [0.25, 0.3) is 0 Å². The van der Waals surface area contributed by atoms with Crippen LogP contribution in [0.4, 0.5) is 17.3 Å². The summed E-state index contributed by atoms with van der Waals surface area (Å²) in [5.41, 5.74) is 4.00. The Morgan fingerprint density at radius 1 is 1.00 bits per heavy atom. The fourth-order valence-corrected chi connectivity index (χ4v) is 2.78. The summed E-state index contributed by atoms with van der Waals surface area (Å²) in [6, 6.07) is 19.3. The van der Waals surface area contributed by atoms with Crippen LogP contribution < -0.4 is 10.2 Å². The molecular formula is C21H22N4O. The summed E-state index contributed by atoms with van der Waals surface area (Å²) < 4.78 is 0. The van der Waals surface area contributed by atoms with Crippen LogP contribution in [0.3, 0.4) is 0 Å². The molecule has 0 unspecified atom stereocenters. The standard InChI is InChI=1S/C21H22N4O/c1-4-25(18-11-6-5-7-12-18)20(26)19-14-16(3)22-21(24-19)23-17-10-8-9-15(2)13-17/h5-14H,4H2,1-3H3,(H,22,23,24). The second-order valence-corrected chi connectivity index (χ2v) is 6.10. The molecule has 1 amide bonds. The van der Waals surface area contributed by atoms with Gasteiger partial charge in [0.05, 0.1) is 0 Å². The highest BCUT2D eigenvalue weighted by Gasteiger charge is 2.18. The SMILES string of the molecule is CCN(C(=O)c1cc(C)nc(Nc2cccc(C)c2)n1)c1ccccc1. The van der Waals surface area contributed by atoms with E-state index in [0.717, 1.165) is 22.6 Å². The van der Waals surface area contributed by atoms with E-state index in [-0.39, 0.29) is 5.91 Å². The first-order valence-corrected chi connectivity index (χ1v) is 8.63. The summed E-state index contributed by atoms with van der Waals surface area (Å²) >= 11 is 0. The molecule has 1 heterocycles. The quantitative estimate of drug-likeness (QED) is 0.739. The summed E-state index contributed by atoms with van der Waals surface area (Å²) in [7, 11) is 0. The van der Waals surface area contributed by atoms with Gasteiger partial charge in [-0.2, -0.15) is 0 Å². The first kappa shape index (κ1) is 17.6. The van der Waals surface area contributed by atoms with E-state index in [4.69, 9.17) is 0 Å².